The predicted octanol–water partition coefficient (Wildman–Crippen LogP) is 0.285. The van der Waals surface area contributed by atoms with Crippen molar-refractivity contribution in [1.29, 1.82) is 5.26 Å². The Labute approximate surface area is 116 Å². The molecule has 2 aliphatic heterocycles. The van der Waals surface area contributed by atoms with Crippen LogP contribution in [0.15, 0.2) is 0 Å². The van der Waals surface area contributed by atoms with Crippen molar-refractivity contribution >= 4 is 0 Å². The Morgan fingerprint density at radius 2 is 1.95 bits per heavy atom. The molecule has 2 saturated heterocycles. The Hall–Kier alpha value is -0.670. The lowest BCUT2D eigenvalue weighted by molar-refractivity contribution is 0.0279. The maximum atomic E-state index is 8.88. The van der Waals surface area contributed by atoms with Gasteiger partial charge < -0.3 is 10.1 Å². The topological polar surface area (TPSA) is 51.5 Å². The number of morpholine rings is 1. The summed E-state index contributed by atoms with van der Waals surface area (Å²) in [5.41, 5.74) is 0.102. The van der Waals surface area contributed by atoms with Crippen LogP contribution in [-0.4, -0.2) is 73.9 Å². The fraction of sp³-hybridized carbons (Fsp3) is 0.929. The van der Waals surface area contributed by atoms with Crippen LogP contribution in [0.1, 0.15) is 20.3 Å². The van der Waals surface area contributed by atoms with Crippen molar-refractivity contribution in [3.63, 3.8) is 0 Å². The largest absolute Gasteiger partial charge is 0.379 e. The van der Waals surface area contributed by atoms with Gasteiger partial charge in [-0.05, 0) is 13.8 Å². The molecule has 0 aromatic carbocycles. The number of ether oxygens (including phenoxy) is 1. The van der Waals surface area contributed by atoms with Crippen molar-refractivity contribution in [2.24, 2.45) is 0 Å². The van der Waals surface area contributed by atoms with Gasteiger partial charge in [-0.1, -0.05) is 0 Å². The zero-order valence-electron chi connectivity index (χ0n) is 12.2. The molecule has 5 nitrogen and oxygen atoms in total. The van der Waals surface area contributed by atoms with E-state index in [0.717, 1.165) is 52.5 Å². The van der Waals surface area contributed by atoms with Gasteiger partial charge >= 0.3 is 0 Å². The first-order chi connectivity index (χ1) is 9.09. The average molecular weight is 266 g/mol. The monoisotopic (exact) mass is 266 g/mol. The summed E-state index contributed by atoms with van der Waals surface area (Å²) in [6.45, 7) is 12.5. The number of nitrogens with zero attached hydrogens (tertiary/aromatic N) is 3. The minimum absolute atomic E-state index is 0.102. The van der Waals surface area contributed by atoms with E-state index in [2.05, 4.69) is 35.0 Å². The van der Waals surface area contributed by atoms with Crippen LogP contribution in [0.4, 0.5) is 0 Å². The van der Waals surface area contributed by atoms with E-state index in [4.69, 9.17) is 10.00 Å². The maximum absolute atomic E-state index is 8.88. The lowest BCUT2D eigenvalue weighted by Gasteiger charge is -2.44. The highest BCUT2D eigenvalue weighted by atomic mass is 16.5. The molecule has 19 heavy (non-hydrogen) atoms. The van der Waals surface area contributed by atoms with Crippen molar-refractivity contribution in [2.45, 2.75) is 31.8 Å². The first-order valence-electron chi connectivity index (χ1n) is 7.26. The molecule has 0 aliphatic carbocycles. The number of piperazine rings is 1. The van der Waals surface area contributed by atoms with Gasteiger partial charge in [0.15, 0.2) is 0 Å². The number of hydrogen-bond acceptors (Lipinski definition) is 5. The van der Waals surface area contributed by atoms with Crippen molar-refractivity contribution in [2.75, 3.05) is 52.5 Å². The van der Waals surface area contributed by atoms with Crippen LogP contribution >= 0.6 is 0 Å². The second kappa shape index (κ2) is 6.67. The van der Waals surface area contributed by atoms with Crippen molar-refractivity contribution in [1.82, 2.24) is 15.1 Å². The van der Waals surface area contributed by atoms with Gasteiger partial charge in [-0.25, -0.2) is 0 Å². The second-order valence-electron chi connectivity index (χ2n) is 6.28. The number of nitrogens with one attached hydrogen (secondary N) is 1. The van der Waals surface area contributed by atoms with E-state index >= 15 is 0 Å². The molecule has 2 rings (SSSR count). The standard InChI is InChI=1S/C14H26N4O/c1-14(2)12-18(11-13(16-14)3-4-15)6-5-17-7-9-19-10-8-17/h13,16H,3,5-12H2,1-2H3. The van der Waals surface area contributed by atoms with Crippen LogP contribution in [0.25, 0.3) is 0 Å². The molecule has 0 amide bonds. The Balaban J connectivity index is 1.79. The first-order valence-corrected chi connectivity index (χ1v) is 7.26. The molecule has 1 N–H and O–H groups in total. The van der Waals surface area contributed by atoms with Crippen LogP contribution in [0, 0.1) is 11.3 Å². The van der Waals surface area contributed by atoms with Gasteiger partial charge in [0.2, 0.25) is 0 Å². The molecule has 0 radical (unpaired) electrons. The highest BCUT2D eigenvalue weighted by Gasteiger charge is 2.31. The van der Waals surface area contributed by atoms with Crippen LogP contribution in [0.2, 0.25) is 0 Å². The third kappa shape index (κ3) is 4.73. The lowest BCUT2D eigenvalue weighted by Crippen LogP contribution is -2.62. The highest BCUT2D eigenvalue weighted by molar-refractivity contribution is 4.95. The van der Waals surface area contributed by atoms with E-state index in [1.807, 2.05) is 0 Å². The van der Waals surface area contributed by atoms with Crippen LogP contribution in [-0.2, 0) is 4.74 Å². The number of hydrogen-bond donors (Lipinski definition) is 1. The van der Waals surface area contributed by atoms with Crippen LogP contribution in [0.5, 0.6) is 0 Å². The first kappa shape index (κ1) is 14.7. The van der Waals surface area contributed by atoms with Crippen LogP contribution in [0.3, 0.4) is 0 Å². The third-order valence-electron chi connectivity index (χ3n) is 3.87. The number of nitriles is 1. The fourth-order valence-electron chi connectivity index (χ4n) is 3.08. The van der Waals surface area contributed by atoms with E-state index in [0.29, 0.717) is 12.5 Å². The summed E-state index contributed by atoms with van der Waals surface area (Å²) in [5, 5.41) is 12.4. The molecule has 0 bridgehead atoms. The summed E-state index contributed by atoms with van der Waals surface area (Å²) in [7, 11) is 0. The molecule has 2 heterocycles. The van der Waals surface area contributed by atoms with Gasteiger partial charge in [0.1, 0.15) is 0 Å². The predicted molar refractivity (Wildman–Crippen MR) is 74.9 cm³/mol. The van der Waals surface area contributed by atoms with Crippen molar-refractivity contribution in [3.05, 3.63) is 0 Å². The third-order valence-corrected chi connectivity index (χ3v) is 3.87. The molecule has 1 unspecified atom stereocenters. The smallest absolute Gasteiger partial charge is 0.0638 e. The molecule has 0 spiro atoms. The van der Waals surface area contributed by atoms with Crippen LogP contribution < -0.4 is 5.32 Å². The summed E-state index contributed by atoms with van der Waals surface area (Å²) in [6.07, 6.45) is 0.595. The normalized spacial score (nSPS) is 29.0. The molecule has 5 heteroatoms. The quantitative estimate of drug-likeness (QED) is 0.792. The molecular weight excluding hydrogens is 240 g/mol. The summed E-state index contributed by atoms with van der Waals surface area (Å²) < 4.78 is 5.37. The molecule has 2 aliphatic rings. The minimum Gasteiger partial charge on any atom is -0.379 e. The van der Waals surface area contributed by atoms with Gasteiger partial charge in [-0.3, -0.25) is 9.80 Å². The van der Waals surface area contributed by atoms with Gasteiger partial charge in [0, 0.05) is 50.8 Å². The molecule has 1 atom stereocenters. The Morgan fingerprint density at radius 1 is 1.26 bits per heavy atom. The van der Waals surface area contributed by atoms with Crippen molar-refractivity contribution in [3.8, 4) is 6.07 Å². The lowest BCUT2D eigenvalue weighted by atomic mass is 9.97. The Bertz CT molecular complexity index is 320. The Kier molecular flexibility index (Phi) is 5.17. The second-order valence-corrected chi connectivity index (χ2v) is 6.28. The van der Waals surface area contributed by atoms with Gasteiger partial charge in [0.25, 0.3) is 0 Å². The molecular formula is C14H26N4O. The maximum Gasteiger partial charge on any atom is 0.0638 e. The highest BCUT2D eigenvalue weighted by Crippen LogP contribution is 2.15. The Morgan fingerprint density at radius 3 is 2.63 bits per heavy atom. The van der Waals surface area contributed by atoms with E-state index in [9.17, 15) is 0 Å². The summed E-state index contributed by atoms with van der Waals surface area (Å²) in [6, 6.07) is 2.59. The number of rotatable bonds is 4. The molecule has 0 aromatic rings. The molecule has 2 fully saturated rings. The summed E-state index contributed by atoms with van der Waals surface area (Å²) in [4.78, 5) is 4.96. The zero-order chi connectivity index (χ0) is 13.7. The fourth-order valence-corrected chi connectivity index (χ4v) is 3.08. The van der Waals surface area contributed by atoms with E-state index < -0.39 is 0 Å². The minimum atomic E-state index is 0.102. The van der Waals surface area contributed by atoms with Crippen molar-refractivity contribution < 1.29 is 4.74 Å². The van der Waals surface area contributed by atoms with E-state index in [1.54, 1.807) is 0 Å². The molecule has 0 saturated carbocycles. The SMILES string of the molecule is CC1(C)CN(CCN2CCOCC2)CC(CC#N)N1. The van der Waals surface area contributed by atoms with Gasteiger partial charge in [0.05, 0.1) is 25.7 Å². The molecule has 0 aromatic heterocycles. The summed E-state index contributed by atoms with van der Waals surface area (Å²) in [5.74, 6) is 0. The van der Waals surface area contributed by atoms with Gasteiger partial charge in [-0.15, -0.1) is 0 Å². The molecule has 108 valence electrons. The average Bonchev–Trinajstić information content (AvgIpc) is 2.36. The van der Waals surface area contributed by atoms with Gasteiger partial charge in [-0.2, -0.15) is 5.26 Å². The van der Waals surface area contributed by atoms with E-state index in [1.165, 1.54) is 0 Å². The van der Waals surface area contributed by atoms with E-state index in [-0.39, 0.29) is 5.54 Å². The summed E-state index contributed by atoms with van der Waals surface area (Å²) >= 11 is 0. The zero-order valence-corrected chi connectivity index (χ0v) is 12.2.